The number of nitrogens with zero attached hydrogens (tertiary/aromatic N) is 3. The van der Waals surface area contributed by atoms with Gasteiger partial charge < -0.3 is 14.8 Å². The molecule has 2 aromatic heterocycles. The molecule has 2 N–H and O–H groups in total. The Bertz CT molecular complexity index is 638. The number of carbonyl (C=O) groups excluding carboxylic acids is 1. The number of nitrogens with one attached hydrogen (secondary N) is 2. The van der Waals surface area contributed by atoms with Gasteiger partial charge in [-0.3, -0.25) is 9.59 Å². The molecule has 1 fully saturated rings. The standard InChI is InChI=1S/C11H11N5O3/c17-8-4-12-7(3-13-8)11(18)14-5-9-15-10(16-19-9)6-1-2-6/h3-4,6H,1-2,5H2,(H,13,17)(H,14,18). The van der Waals surface area contributed by atoms with Gasteiger partial charge in [0.25, 0.3) is 11.5 Å². The van der Waals surface area contributed by atoms with Crippen molar-refractivity contribution < 1.29 is 9.32 Å². The molecule has 0 atom stereocenters. The number of hydrogen-bond acceptors (Lipinski definition) is 6. The monoisotopic (exact) mass is 261 g/mol. The zero-order chi connectivity index (χ0) is 13.2. The highest BCUT2D eigenvalue weighted by Crippen LogP contribution is 2.37. The first-order chi connectivity index (χ1) is 9.22. The second-order valence-electron chi connectivity index (χ2n) is 4.30. The molecule has 0 aromatic carbocycles. The van der Waals surface area contributed by atoms with Gasteiger partial charge in [-0.1, -0.05) is 5.16 Å². The molecular formula is C11H11N5O3. The van der Waals surface area contributed by atoms with Gasteiger partial charge in [0.15, 0.2) is 5.82 Å². The highest BCUT2D eigenvalue weighted by Gasteiger charge is 2.28. The summed E-state index contributed by atoms with van der Waals surface area (Å²) >= 11 is 0. The van der Waals surface area contributed by atoms with Gasteiger partial charge in [0.05, 0.1) is 12.7 Å². The number of rotatable bonds is 4. The van der Waals surface area contributed by atoms with Crippen LogP contribution in [0.4, 0.5) is 0 Å². The topological polar surface area (TPSA) is 114 Å². The van der Waals surface area contributed by atoms with Crippen molar-refractivity contribution in [1.29, 1.82) is 0 Å². The van der Waals surface area contributed by atoms with Gasteiger partial charge in [0.1, 0.15) is 5.69 Å². The average Bonchev–Trinajstić information content (AvgIpc) is 3.16. The van der Waals surface area contributed by atoms with Crippen molar-refractivity contribution >= 4 is 5.91 Å². The summed E-state index contributed by atoms with van der Waals surface area (Å²) in [5.74, 6) is 1.06. The molecule has 1 aliphatic rings. The summed E-state index contributed by atoms with van der Waals surface area (Å²) in [6.45, 7) is 0.138. The summed E-state index contributed by atoms with van der Waals surface area (Å²) in [4.78, 5) is 32.8. The molecule has 8 heteroatoms. The third kappa shape index (κ3) is 2.67. The number of hydrogen-bond donors (Lipinski definition) is 2. The molecule has 8 nitrogen and oxygen atoms in total. The van der Waals surface area contributed by atoms with E-state index in [0.29, 0.717) is 17.6 Å². The first kappa shape index (κ1) is 11.6. The molecule has 0 radical (unpaired) electrons. The zero-order valence-corrected chi connectivity index (χ0v) is 9.92. The molecule has 2 aromatic rings. The minimum atomic E-state index is -0.414. The molecule has 3 rings (SSSR count). The van der Waals surface area contributed by atoms with Gasteiger partial charge in [0.2, 0.25) is 5.89 Å². The fourth-order valence-electron chi connectivity index (χ4n) is 1.56. The lowest BCUT2D eigenvalue weighted by Gasteiger charge is -2.00. The maximum absolute atomic E-state index is 11.7. The van der Waals surface area contributed by atoms with E-state index in [2.05, 4.69) is 25.4 Å². The summed E-state index contributed by atoms with van der Waals surface area (Å²) in [6.07, 6.45) is 4.48. The molecule has 19 heavy (non-hydrogen) atoms. The fourth-order valence-corrected chi connectivity index (χ4v) is 1.56. The molecular weight excluding hydrogens is 250 g/mol. The third-order valence-corrected chi connectivity index (χ3v) is 2.73. The quantitative estimate of drug-likeness (QED) is 0.798. The summed E-state index contributed by atoms with van der Waals surface area (Å²) in [5, 5.41) is 6.43. The largest absolute Gasteiger partial charge is 0.342 e. The molecule has 0 unspecified atom stereocenters. The maximum atomic E-state index is 11.7. The smallest absolute Gasteiger partial charge is 0.271 e. The molecule has 98 valence electrons. The van der Waals surface area contributed by atoms with E-state index in [0.717, 1.165) is 19.0 Å². The lowest BCUT2D eigenvalue weighted by molar-refractivity contribution is 0.0941. The highest BCUT2D eigenvalue weighted by molar-refractivity contribution is 5.91. The van der Waals surface area contributed by atoms with Crippen LogP contribution in [0.3, 0.4) is 0 Å². The Morgan fingerprint density at radius 1 is 1.53 bits per heavy atom. The number of H-pyrrole nitrogens is 1. The van der Waals surface area contributed by atoms with Gasteiger partial charge in [0, 0.05) is 12.1 Å². The van der Waals surface area contributed by atoms with Gasteiger partial charge in [-0.2, -0.15) is 4.98 Å². The van der Waals surface area contributed by atoms with Crippen LogP contribution in [-0.2, 0) is 6.54 Å². The van der Waals surface area contributed by atoms with Crippen LogP contribution in [0.15, 0.2) is 21.7 Å². The Kier molecular flexibility index (Phi) is 2.82. The van der Waals surface area contributed by atoms with E-state index >= 15 is 0 Å². The van der Waals surface area contributed by atoms with Crippen molar-refractivity contribution in [2.24, 2.45) is 0 Å². The van der Waals surface area contributed by atoms with Crippen molar-refractivity contribution in [3.63, 3.8) is 0 Å². The molecule has 1 amide bonds. The summed E-state index contributed by atoms with van der Waals surface area (Å²) in [6, 6.07) is 0. The number of aromatic amines is 1. The van der Waals surface area contributed by atoms with Crippen molar-refractivity contribution in [2.75, 3.05) is 0 Å². The van der Waals surface area contributed by atoms with Gasteiger partial charge in [-0.15, -0.1) is 0 Å². The number of amides is 1. The number of aromatic nitrogens is 4. The molecule has 0 aliphatic heterocycles. The van der Waals surface area contributed by atoms with Crippen molar-refractivity contribution in [1.82, 2.24) is 25.4 Å². The molecule has 2 heterocycles. The van der Waals surface area contributed by atoms with E-state index in [1.54, 1.807) is 0 Å². The Balaban J connectivity index is 1.60. The normalized spacial score (nSPS) is 14.3. The summed E-state index contributed by atoms with van der Waals surface area (Å²) < 4.78 is 5.02. The van der Waals surface area contributed by atoms with Crippen LogP contribution >= 0.6 is 0 Å². The van der Waals surface area contributed by atoms with E-state index in [1.165, 1.54) is 6.20 Å². The highest BCUT2D eigenvalue weighted by atomic mass is 16.5. The van der Waals surface area contributed by atoms with Crippen molar-refractivity contribution in [2.45, 2.75) is 25.3 Å². The SMILES string of the molecule is O=C(NCc1nc(C2CC2)no1)c1c[nH]c(=O)cn1. The van der Waals surface area contributed by atoms with Crippen LogP contribution in [0.25, 0.3) is 0 Å². The van der Waals surface area contributed by atoms with E-state index < -0.39 is 5.91 Å². The molecule has 0 saturated heterocycles. The van der Waals surface area contributed by atoms with Gasteiger partial charge in [-0.25, -0.2) is 4.98 Å². The van der Waals surface area contributed by atoms with Crippen LogP contribution in [0.2, 0.25) is 0 Å². The number of carbonyl (C=O) groups is 1. The van der Waals surface area contributed by atoms with Crippen LogP contribution in [0, 0.1) is 0 Å². The lowest BCUT2D eigenvalue weighted by Crippen LogP contribution is -2.25. The Hall–Kier alpha value is -2.51. The van der Waals surface area contributed by atoms with Gasteiger partial charge in [-0.05, 0) is 12.8 Å². The third-order valence-electron chi connectivity index (χ3n) is 2.73. The zero-order valence-electron chi connectivity index (χ0n) is 9.92. The first-order valence-corrected chi connectivity index (χ1v) is 5.88. The Morgan fingerprint density at radius 2 is 2.37 bits per heavy atom. The summed E-state index contributed by atoms with van der Waals surface area (Å²) in [5.41, 5.74) is -0.232. The predicted molar refractivity (Wildman–Crippen MR) is 62.3 cm³/mol. The van der Waals surface area contributed by atoms with Crippen LogP contribution in [0.1, 0.15) is 41.0 Å². The average molecular weight is 261 g/mol. The Morgan fingerprint density at radius 3 is 3.05 bits per heavy atom. The van der Waals surface area contributed by atoms with E-state index in [-0.39, 0.29) is 17.8 Å². The Labute approximate surface area is 107 Å². The van der Waals surface area contributed by atoms with Crippen LogP contribution in [-0.4, -0.2) is 26.0 Å². The van der Waals surface area contributed by atoms with E-state index in [9.17, 15) is 9.59 Å². The minimum Gasteiger partial charge on any atom is -0.342 e. The molecule has 1 saturated carbocycles. The van der Waals surface area contributed by atoms with E-state index in [4.69, 9.17) is 4.52 Å². The van der Waals surface area contributed by atoms with Gasteiger partial charge >= 0.3 is 0 Å². The first-order valence-electron chi connectivity index (χ1n) is 5.88. The van der Waals surface area contributed by atoms with Crippen molar-refractivity contribution in [3.8, 4) is 0 Å². The van der Waals surface area contributed by atoms with E-state index in [1.807, 2.05) is 0 Å². The molecule has 0 bridgehead atoms. The minimum absolute atomic E-state index is 0.126. The maximum Gasteiger partial charge on any atom is 0.271 e. The van der Waals surface area contributed by atoms with Crippen LogP contribution < -0.4 is 10.9 Å². The second-order valence-corrected chi connectivity index (χ2v) is 4.30. The fraction of sp³-hybridized carbons (Fsp3) is 0.364. The predicted octanol–water partition coefficient (Wildman–Crippen LogP) is -0.0397. The van der Waals surface area contributed by atoms with Crippen LogP contribution in [0.5, 0.6) is 0 Å². The lowest BCUT2D eigenvalue weighted by atomic mass is 10.4. The molecule has 1 aliphatic carbocycles. The molecule has 0 spiro atoms. The summed E-state index contributed by atoms with van der Waals surface area (Å²) in [7, 11) is 0. The van der Waals surface area contributed by atoms with Crippen molar-refractivity contribution in [3.05, 3.63) is 40.2 Å². The second kappa shape index (κ2) is 4.63.